The Morgan fingerprint density at radius 2 is 1.14 bits per heavy atom. The van der Waals surface area contributed by atoms with Gasteiger partial charge in [-0.1, -0.05) is 0 Å². The van der Waals surface area contributed by atoms with Gasteiger partial charge in [0.15, 0.2) is 0 Å². The average Bonchev–Trinajstić information content (AvgIpc) is 1.98. The van der Waals surface area contributed by atoms with E-state index < -0.39 is 24.0 Å². The number of nitrogens with two attached hydrogens (primary N) is 2. The predicted molar refractivity (Wildman–Crippen MR) is 55.0 cm³/mol. The monoisotopic (exact) mass is 248 g/mol. The van der Waals surface area contributed by atoms with Crippen molar-refractivity contribution in [2.24, 2.45) is 11.5 Å². The van der Waals surface area contributed by atoms with E-state index in [0.717, 1.165) is 0 Å². The van der Waals surface area contributed by atoms with Gasteiger partial charge in [-0.25, -0.2) is 0 Å². The number of carboxylic acids is 2. The first kappa shape index (κ1) is 19.1. The molecule has 0 radical (unpaired) electrons. The fourth-order valence-electron chi connectivity index (χ4n) is 0.606. The number of hydrogen-bond donors (Lipinski definition) is 4. The van der Waals surface area contributed by atoms with Crippen molar-refractivity contribution in [3.05, 3.63) is 0 Å². The fraction of sp³-hybridized carbons (Fsp3) is 0.667. The van der Waals surface area contributed by atoms with Crippen molar-refractivity contribution in [2.75, 3.05) is 0 Å². The van der Waals surface area contributed by atoms with Crippen LogP contribution in [-0.2, 0) is 9.59 Å². The van der Waals surface area contributed by atoms with Gasteiger partial charge in [0.25, 0.3) is 0 Å². The zero-order valence-corrected chi connectivity index (χ0v) is 8.88. The molecule has 0 aliphatic rings. The number of aliphatic carboxylic acids is 2. The van der Waals surface area contributed by atoms with Crippen molar-refractivity contribution in [3.8, 4) is 0 Å². The molecule has 0 saturated heterocycles. The maximum Gasteiger partial charge on any atom is 0.320 e. The minimum absolute atomic E-state index is 0. The zero-order valence-electron chi connectivity index (χ0n) is 7.25. The lowest BCUT2D eigenvalue weighted by atomic mass is 10.1. The lowest BCUT2D eigenvalue weighted by molar-refractivity contribution is -0.141. The van der Waals surface area contributed by atoms with E-state index in [0.29, 0.717) is 0 Å². The summed E-state index contributed by atoms with van der Waals surface area (Å²) in [5, 5.41) is 16.6. The number of rotatable bonds is 5. The number of carboxylic acid groups (broad SMARTS) is 2. The van der Waals surface area contributed by atoms with Crippen LogP contribution in [-0.4, -0.2) is 34.2 Å². The van der Waals surface area contributed by atoms with Crippen molar-refractivity contribution in [1.82, 2.24) is 0 Å². The SMILES string of the molecule is Cl.Cl.NC(CCC(N)C(=O)O)C(=O)O. The Hall–Kier alpha value is -0.560. The summed E-state index contributed by atoms with van der Waals surface area (Å²) in [6.07, 6.45) is 0.144. The Bertz CT molecular complexity index is 171. The lowest BCUT2D eigenvalue weighted by Gasteiger charge is -2.08. The number of halogens is 2. The minimum Gasteiger partial charge on any atom is -0.480 e. The quantitative estimate of drug-likeness (QED) is 0.517. The highest BCUT2D eigenvalue weighted by Crippen LogP contribution is 1.98. The summed E-state index contributed by atoms with van der Waals surface area (Å²) in [4.78, 5) is 20.3. The molecule has 2 atom stereocenters. The molecule has 0 aliphatic heterocycles. The van der Waals surface area contributed by atoms with Crippen LogP contribution in [0.25, 0.3) is 0 Å². The maximum atomic E-state index is 10.2. The number of carbonyl (C=O) groups is 2. The molecule has 0 aromatic carbocycles. The van der Waals surface area contributed by atoms with Gasteiger partial charge >= 0.3 is 11.9 Å². The fourth-order valence-corrected chi connectivity index (χ4v) is 0.606. The first-order valence-corrected chi connectivity index (χ1v) is 3.42. The predicted octanol–water partition coefficient (Wildman–Crippen LogP) is -0.566. The van der Waals surface area contributed by atoms with Gasteiger partial charge in [0.05, 0.1) is 0 Å². The van der Waals surface area contributed by atoms with Crippen molar-refractivity contribution < 1.29 is 19.8 Å². The molecule has 86 valence electrons. The Labute approximate surface area is 93.5 Å². The van der Waals surface area contributed by atoms with Crippen LogP contribution >= 0.6 is 24.8 Å². The topological polar surface area (TPSA) is 127 Å². The van der Waals surface area contributed by atoms with Crippen LogP contribution in [0.15, 0.2) is 0 Å². The average molecular weight is 249 g/mol. The third-order valence-electron chi connectivity index (χ3n) is 1.42. The van der Waals surface area contributed by atoms with Crippen LogP contribution in [0.1, 0.15) is 12.8 Å². The van der Waals surface area contributed by atoms with Crippen LogP contribution < -0.4 is 11.5 Å². The molecule has 0 aromatic heterocycles. The largest absolute Gasteiger partial charge is 0.480 e. The molecular weight excluding hydrogens is 235 g/mol. The second-order valence-corrected chi connectivity index (χ2v) is 2.47. The molecule has 0 amide bonds. The molecule has 8 heteroatoms. The Morgan fingerprint density at radius 3 is 1.29 bits per heavy atom. The van der Waals surface area contributed by atoms with Gasteiger partial charge in [0.1, 0.15) is 12.1 Å². The van der Waals surface area contributed by atoms with Gasteiger partial charge in [-0.3, -0.25) is 9.59 Å². The third kappa shape index (κ3) is 8.06. The molecule has 6 nitrogen and oxygen atoms in total. The Morgan fingerprint density at radius 1 is 0.929 bits per heavy atom. The summed E-state index contributed by atoms with van der Waals surface area (Å²) >= 11 is 0. The summed E-state index contributed by atoms with van der Waals surface area (Å²) in [7, 11) is 0. The second-order valence-electron chi connectivity index (χ2n) is 2.47. The highest BCUT2D eigenvalue weighted by Gasteiger charge is 2.16. The van der Waals surface area contributed by atoms with Crippen LogP contribution in [0.3, 0.4) is 0 Å². The molecule has 0 bridgehead atoms. The van der Waals surface area contributed by atoms with E-state index in [9.17, 15) is 9.59 Å². The minimum atomic E-state index is -1.15. The smallest absolute Gasteiger partial charge is 0.320 e. The van der Waals surface area contributed by atoms with Gasteiger partial charge in [0.2, 0.25) is 0 Å². The molecule has 0 spiro atoms. The molecule has 0 fully saturated rings. The van der Waals surface area contributed by atoms with E-state index in [1.54, 1.807) is 0 Å². The van der Waals surface area contributed by atoms with Gasteiger partial charge in [-0.15, -0.1) is 24.8 Å². The first-order chi connectivity index (χ1) is 5.45. The molecule has 0 rings (SSSR count). The summed E-state index contributed by atoms with van der Waals surface area (Å²) in [5.74, 6) is -2.29. The first-order valence-electron chi connectivity index (χ1n) is 3.42. The second kappa shape index (κ2) is 9.01. The van der Waals surface area contributed by atoms with Crippen LogP contribution in [0, 0.1) is 0 Å². The van der Waals surface area contributed by atoms with Crippen molar-refractivity contribution in [3.63, 3.8) is 0 Å². The van der Waals surface area contributed by atoms with Gasteiger partial charge in [-0.05, 0) is 12.8 Å². The Balaban J connectivity index is -0.000000605. The highest BCUT2D eigenvalue weighted by molar-refractivity contribution is 5.85. The van der Waals surface area contributed by atoms with Gasteiger partial charge in [-0.2, -0.15) is 0 Å². The lowest BCUT2D eigenvalue weighted by Crippen LogP contribution is -2.35. The van der Waals surface area contributed by atoms with E-state index in [-0.39, 0.29) is 37.7 Å². The third-order valence-corrected chi connectivity index (χ3v) is 1.42. The summed E-state index contributed by atoms with van der Waals surface area (Å²) in [6.45, 7) is 0. The zero-order chi connectivity index (χ0) is 9.72. The molecule has 14 heavy (non-hydrogen) atoms. The van der Waals surface area contributed by atoms with Crippen molar-refractivity contribution in [1.29, 1.82) is 0 Å². The molecule has 0 aliphatic carbocycles. The van der Waals surface area contributed by atoms with E-state index in [1.807, 2.05) is 0 Å². The molecule has 0 saturated carbocycles. The van der Waals surface area contributed by atoms with E-state index in [1.165, 1.54) is 0 Å². The van der Waals surface area contributed by atoms with Crippen molar-refractivity contribution in [2.45, 2.75) is 24.9 Å². The van der Waals surface area contributed by atoms with Gasteiger partial charge < -0.3 is 21.7 Å². The van der Waals surface area contributed by atoms with Gasteiger partial charge in [0, 0.05) is 0 Å². The molecular formula is C6H14Cl2N2O4. The standard InChI is InChI=1S/C6H12N2O4.2ClH/c7-3(5(9)10)1-2-4(8)6(11)12;;/h3-4H,1-2,7-8H2,(H,9,10)(H,11,12);2*1H. The van der Waals surface area contributed by atoms with Crippen LogP contribution in [0.2, 0.25) is 0 Å². The molecule has 2 unspecified atom stereocenters. The molecule has 0 heterocycles. The van der Waals surface area contributed by atoms with Crippen LogP contribution in [0.4, 0.5) is 0 Å². The van der Waals surface area contributed by atoms with Crippen LogP contribution in [0.5, 0.6) is 0 Å². The molecule has 0 aromatic rings. The normalized spacial score (nSPS) is 13.0. The summed E-state index contributed by atoms with van der Waals surface area (Å²) in [6, 6.07) is -2.06. The van der Waals surface area contributed by atoms with E-state index in [4.69, 9.17) is 21.7 Å². The Kier molecular flexibility index (Phi) is 12.3. The summed E-state index contributed by atoms with van der Waals surface area (Å²) in [5.41, 5.74) is 10.2. The maximum absolute atomic E-state index is 10.2. The highest BCUT2D eigenvalue weighted by atomic mass is 35.5. The van der Waals surface area contributed by atoms with E-state index in [2.05, 4.69) is 0 Å². The van der Waals surface area contributed by atoms with Crippen molar-refractivity contribution >= 4 is 36.8 Å². The summed E-state index contributed by atoms with van der Waals surface area (Å²) < 4.78 is 0. The van der Waals surface area contributed by atoms with E-state index >= 15 is 0 Å². The molecule has 6 N–H and O–H groups in total. The number of hydrogen-bond acceptors (Lipinski definition) is 4.